The normalized spacial score (nSPS) is 15.1. The number of hydrogen-bond acceptors (Lipinski definition) is 5. The average Bonchev–Trinajstić information content (AvgIpc) is 2.85. The maximum Gasteiger partial charge on any atom is 0.247 e. The summed E-state index contributed by atoms with van der Waals surface area (Å²) in [6.45, 7) is 4.37. The van der Waals surface area contributed by atoms with Crippen LogP contribution in [0.5, 0.6) is 11.5 Å². The highest BCUT2D eigenvalue weighted by atomic mass is 32.2. The molecule has 0 aromatic heterocycles. The predicted octanol–water partition coefficient (Wildman–Crippen LogP) is 2.39. The third kappa shape index (κ3) is 3.42. The molecule has 140 valence electrons. The van der Waals surface area contributed by atoms with Crippen molar-refractivity contribution >= 4 is 10.0 Å². The number of nitrogens with zero attached hydrogens (tertiary/aromatic N) is 1. The largest absolute Gasteiger partial charge is 0.495 e. The van der Waals surface area contributed by atoms with Crippen molar-refractivity contribution in [3.63, 3.8) is 0 Å². The lowest BCUT2D eigenvalue weighted by Gasteiger charge is -2.22. The van der Waals surface area contributed by atoms with E-state index in [9.17, 15) is 13.5 Å². The molecule has 0 unspecified atom stereocenters. The molecule has 1 heterocycles. The summed E-state index contributed by atoms with van der Waals surface area (Å²) in [5.41, 5.74) is 3.31. The van der Waals surface area contributed by atoms with E-state index in [1.165, 1.54) is 11.4 Å². The van der Waals surface area contributed by atoms with Gasteiger partial charge in [-0.2, -0.15) is 4.31 Å². The van der Waals surface area contributed by atoms with Crippen molar-refractivity contribution in [2.75, 3.05) is 20.3 Å². The van der Waals surface area contributed by atoms with Crippen LogP contribution in [0.2, 0.25) is 0 Å². The summed E-state index contributed by atoms with van der Waals surface area (Å²) in [5, 5.41) is 9.35. The van der Waals surface area contributed by atoms with Crippen molar-refractivity contribution in [1.29, 1.82) is 0 Å². The number of hydrogen-bond donors (Lipinski definition) is 1. The van der Waals surface area contributed by atoms with Crippen LogP contribution in [0, 0.1) is 13.8 Å². The van der Waals surface area contributed by atoms with Gasteiger partial charge in [0.15, 0.2) is 0 Å². The van der Waals surface area contributed by atoms with Gasteiger partial charge in [-0.3, -0.25) is 0 Å². The second kappa shape index (κ2) is 7.26. The number of aliphatic hydroxyl groups excluding tert-OH is 1. The van der Waals surface area contributed by atoms with E-state index in [4.69, 9.17) is 9.47 Å². The van der Waals surface area contributed by atoms with Crippen LogP contribution in [-0.4, -0.2) is 38.1 Å². The fraction of sp³-hybridized carbons (Fsp3) is 0.368. The summed E-state index contributed by atoms with van der Waals surface area (Å²) in [6.07, 6.45) is 0. The van der Waals surface area contributed by atoms with Gasteiger partial charge in [0.25, 0.3) is 0 Å². The molecule has 0 radical (unpaired) electrons. The maximum atomic E-state index is 13.3. The third-order valence-electron chi connectivity index (χ3n) is 4.65. The first-order chi connectivity index (χ1) is 12.4. The summed E-state index contributed by atoms with van der Waals surface area (Å²) in [7, 11) is -2.29. The van der Waals surface area contributed by atoms with Gasteiger partial charge >= 0.3 is 0 Å². The van der Waals surface area contributed by atoms with Crippen LogP contribution >= 0.6 is 0 Å². The van der Waals surface area contributed by atoms with E-state index >= 15 is 0 Å². The van der Waals surface area contributed by atoms with Crippen LogP contribution in [-0.2, 0) is 23.2 Å². The van der Waals surface area contributed by atoms with Crippen LogP contribution in [0.15, 0.2) is 35.2 Å². The van der Waals surface area contributed by atoms with Gasteiger partial charge in [0.1, 0.15) is 23.0 Å². The Kier molecular flexibility index (Phi) is 5.22. The van der Waals surface area contributed by atoms with Crippen LogP contribution < -0.4 is 9.47 Å². The number of ether oxygens (including phenoxy) is 2. The standard InChI is InChI=1S/C19H23NO5S/c1-13-8-18(24-3)19(9-14(13)2)26(22,23)20-6-7-25-17-5-4-15(12-21)10-16(17)11-20/h4-5,8-10,21H,6-7,11-12H2,1-3H3. The third-order valence-corrected chi connectivity index (χ3v) is 6.52. The Morgan fingerprint density at radius 3 is 2.62 bits per heavy atom. The van der Waals surface area contributed by atoms with Gasteiger partial charge in [-0.25, -0.2) is 8.42 Å². The summed E-state index contributed by atoms with van der Waals surface area (Å²) < 4.78 is 39.0. The molecule has 0 spiro atoms. The molecule has 0 saturated carbocycles. The molecule has 1 aliphatic heterocycles. The zero-order valence-electron chi connectivity index (χ0n) is 15.2. The van der Waals surface area contributed by atoms with E-state index in [-0.39, 0.29) is 31.2 Å². The molecule has 0 atom stereocenters. The Morgan fingerprint density at radius 1 is 1.19 bits per heavy atom. The molecule has 3 rings (SSSR count). The van der Waals surface area contributed by atoms with E-state index in [0.717, 1.165) is 22.3 Å². The Bertz CT molecular complexity index is 924. The van der Waals surface area contributed by atoms with Crippen molar-refractivity contribution in [3.05, 3.63) is 52.6 Å². The zero-order chi connectivity index (χ0) is 18.9. The van der Waals surface area contributed by atoms with Gasteiger partial charge in [0, 0.05) is 18.7 Å². The quantitative estimate of drug-likeness (QED) is 0.885. The van der Waals surface area contributed by atoms with E-state index in [1.54, 1.807) is 30.3 Å². The smallest absolute Gasteiger partial charge is 0.247 e. The first-order valence-electron chi connectivity index (χ1n) is 8.37. The van der Waals surface area contributed by atoms with Crippen molar-refractivity contribution in [1.82, 2.24) is 4.31 Å². The molecule has 26 heavy (non-hydrogen) atoms. The maximum absolute atomic E-state index is 13.3. The highest BCUT2D eigenvalue weighted by molar-refractivity contribution is 7.89. The number of aryl methyl sites for hydroxylation is 2. The molecule has 0 fully saturated rings. The molecular weight excluding hydrogens is 354 g/mol. The van der Waals surface area contributed by atoms with Gasteiger partial charge in [-0.1, -0.05) is 6.07 Å². The van der Waals surface area contributed by atoms with E-state index < -0.39 is 10.0 Å². The minimum atomic E-state index is -3.76. The highest BCUT2D eigenvalue weighted by Crippen LogP contribution is 2.33. The Hall–Kier alpha value is -2.09. The molecule has 0 bridgehead atoms. The summed E-state index contributed by atoms with van der Waals surface area (Å²) in [6, 6.07) is 8.72. The minimum absolute atomic E-state index is 0.106. The van der Waals surface area contributed by atoms with Crippen molar-refractivity contribution in [2.24, 2.45) is 0 Å². The Morgan fingerprint density at radius 2 is 1.92 bits per heavy atom. The van der Waals surface area contributed by atoms with Crippen LogP contribution in [0.4, 0.5) is 0 Å². The van der Waals surface area contributed by atoms with Gasteiger partial charge in [0.2, 0.25) is 10.0 Å². The lowest BCUT2D eigenvalue weighted by molar-refractivity contribution is 0.281. The number of aliphatic hydroxyl groups is 1. The first-order valence-corrected chi connectivity index (χ1v) is 9.81. The lowest BCUT2D eigenvalue weighted by atomic mass is 10.1. The second-order valence-corrected chi connectivity index (χ2v) is 8.28. The topological polar surface area (TPSA) is 76.1 Å². The van der Waals surface area contributed by atoms with Crippen LogP contribution in [0.25, 0.3) is 0 Å². The average molecular weight is 377 g/mol. The number of rotatable bonds is 4. The zero-order valence-corrected chi connectivity index (χ0v) is 16.0. The molecule has 6 nitrogen and oxygen atoms in total. The Labute approximate surface area is 154 Å². The highest BCUT2D eigenvalue weighted by Gasteiger charge is 2.30. The Balaban J connectivity index is 2.03. The molecule has 0 aliphatic carbocycles. The first kappa shape index (κ1) is 18.7. The van der Waals surface area contributed by atoms with Crippen molar-refractivity contribution < 1.29 is 23.0 Å². The molecule has 2 aromatic rings. The summed E-state index contributed by atoms with van der Waals surface area (Å²) in [4.78, 5) is 0.157. The molecule has 1 aliphatic rings. The lowest BCUT2D eigenvalue weighted by Crippen LogP contribution is -2.33. The number of methoxy groups -OCH3 is 1. The van der Waals surface area contributed by atoms with Gasteiger partial charge in [0.05, 0.1) is 13.7 Å². The monoisotopic (exact) mass is 377 g/mol. The number of fused-ring (bicyclic) bond motifs is 1. The fourth-order valence-corrected chi connectivity index (χ4v) is 4.61. The van der Waals surface area contributed by atoms with Gasteiger partial charge in [-0.05, 0) is 54.8 Å². The molecule has 0 amide bonds. The molecule has 7 heteroatoms. The fourth-order valence-electron chi connectivity index (χ4n) is 2.99. The van der Waals surface area contributed by atoms with Crippen molar-refractivity contribution in [3.8, 4) is 11.5 Å². The van der Waals surface area contributed by atoms with E-state index in [0.29, 0.717) is 11.5 Å². The van der Waals surface area contributed by atoms with Crippen molar-refractivity contribution in [2.45, 2.75) is 31.9 Å². The number of benzene rings is 2. The molecule has 2 aromatic carbocycles. The summed E-state index contributed by atoms with van der Waals surface area (Å²) >= 11 is 0. The number of sulfonamides is 1. The molecular formula is C19H23NO5S. The van der Waals surface area contributed by atoms with E-state index in [2.05, 4.69) is 0 Å². The summed E-state index contributed by atoms with van der Waals surface area (Å²) in [5.74, 6) is 0.981. The van der Waals surface area contributed by atoms with Crippen LogP contribution in [0.1, 0.15) is 22.3 Å². The predicted molar refractivity (Wildman–Crippen MR) is 97.9 cm³/mol. The molecule has 0 saturated heterocycles. The second-order valence-electron chi connectivity index (χ2n) is 6.37. The minimum Gasteiger partial charge on any atom is -0.495 e. The van der Waals surface area contributed by atoms with E-state index in [1.807, 2.05) is 13.8 Å². The molecule has 1 N–H and O–H groups in total. The van der Waals surface area contributed by atoms with Crippen LogP contribution in [0.3, 0.4) is 0 Å². The SMILES string of the molecule is COc1cc(C)c(C)cc1S(=O)(=O)N1CCOc2ccc(CO)cc2C1. The van der Waals surface area contributed by atoms with Gasteiger partial charge < -0.3 is 14.6 Å². The van der Waals surface area contributed by atoms with Gasteiger partial charge in [-0.15, -0.1) is 0 Å².